The fraction of sp³-hybridized carbons (Fsp3) is 0.250. The summed E-state index contributed by atoms with van der Waals surface area (Å²) in [5.41, 5.74) is 2.32. The van der Waals surface area contributed by atoms with Gasteiger partial charge in [-0.2, -0.15) is 0 Å². The minimum Gasteiger partial charge on any atom is -0.311 e. The lowest BCUT2D eigenvalue weighted by molar-refractivity contribution is 0.904. The monoisotopic (exact) mass is 187 g/mol. The van der Waals surface area contributed by atoms with Gasteiger partial charge in [-0.25, -0.2) is 0 Å². The van der Waals surface area contributed by atoms with E-state index in [4.69, 9.17) is 0 Å². The molecule has 2 nitrogen and oxygen atoms in total. The zero-order chi connectivity index (χ0) is 10.1. The smallest absolute Gasteiger partial charge is 0.250 e. The molecule has 2 rings (SSSR count). The molecule has 2 aromatic rings. The van der Waals surface area contributed by atoms with E-state index in [0.29, 0.717) is 0 Å². The van der Waals surface area contributed by atoms with Gasteiger partial charge in [-0.15, -0.1) is 0 Å². The minimum absolute atomic E-state index is 0.0470. The molecule has 14 heavy (non-hydrogen) atoms. The van der Waals surface area contributed by atoms with Crippen LogP contribution in [0.3, 0.4) is 0 Å². The van der Waals surface area contributed by atoms with Crippen molar-refractivity contribution in [2.45, 2.75) is 13.3 Å². The SMILES string of the molecule is CCc1ccc2ccc(=O)n(C)c2c1. The summed E-state index contributed by atoms with van der Waals surface area (Å²) in [5.74, 6) is 0. The second kappa shape index (κ2) is 3.29. The van der Waals surface area contributed by atoms with Crippen molar-refractivity contribution < 1.29 is 0 Å². The molecule has 1 aromatic heterocycles. The lowest BCUT2D eigenvalue weighted by Gasteiger charge is -2.05. The lowest BCUT2D eigenvalue weighted by atomic mass is 10.1. The molecule has 1 heterocycles. The van der Waals surface area contributed by atoms with Crippen LogP contribution < -0.4 is 5.56 Å². The number of hydrogen-bond donors (Lipinski definition) is 0. The Labute approximate surface area is 82.8 Å². The van der Waals surface area contributed by atoms with Crippen LogP contribution in [0.15, 0.2) is 35.1 Å². The minimum atomic E-state index is 0.0470. The van der Waals surface area contributed by atoms with Crippen molar-refractivity contribution >= 4 is 10.9 Å². The van der Waals surface area contributed by atoms with Crippen LogP contribution in [0.2, 0.25) is 0 Å². The Balaban J connectivity index is 2.84. The first-order chi connectivity index (χ1) is 6.72. The van der Waals surface area contributed by atoms with Crippen molar-refractivity contribution in [2.75, 3.05) is 0 Å². The molecule has 0 aliphatic carbocycles. The van der Waals surface area contributed by atoms with Crippen molar-refractivity contribution in [3.8, 4) is 0 Å². The third-order valence-electron chi connectivity index (χ3n) is 2.60. The summed E-state index contributed by atoms with van der Waals surface area (Å²) in [7, 11) is 1.81. The van der Waals surface area contributed by atoms with Crippen molar-refractivity contribution in [2.24, 2.45) is 7.05 Å². The molecule has 0 aliphatic heterocycles. The van der Waals surface area contributed by atoms with Gasteiger partial charge in [-0.05, 0) is 29.5 Å². The summed E-state index contributed by atoms with van der Waals surface area (Å²) >= 11 is 0. The van der Waals surface area contributed by atoms with Crippen LogP contribution in [0.5, 0.6) is 0 Å². The van der Waals surface area contributed by atoms with Crippen LogP contribution in [0.1, 0.15) is 12.5 Å². The molecule has 0 spiro atoms. The number of aryl methyl sites for hydroxylation is 2. The van der Waals surface area contributed by atoms with Crippen molar-refractivity contribution in [3.63, 3.8) is 0 Å². The molecule has 0 aliphatic rings. The molecule has 0 saturated carbocycles. The maximum absolute atomic E-state index is 11.4. The number of nitrogens with zero attached hydrogens (tertiary/aromatic N) is 1. The van der Waals surface area contributed by atoms with Crippen LogP contribution in [-0.4, -0.2) is 4.57 Å². The molecule has 0 radical (unpaired) electrons. The molecular weight excluding hydrogens is 174 g/mol. The second-order valence-electron chi connectivity index (χ2n) is 3.48. The maximum Gasteiger partial charge on any atom is 0.250 e. The van der Waals surface area contributed by atoms with Gasteiger partial charge in [0.2, 0.25) is 0 Å². The van der Waals surface area contributed by atoms with Crippen molar-refractivity contribution in [1.82, 2.24) is 4.57 Å². The van der Waals surface area contributed by atoms with Gasteiger partial charge in [0.05, 0.1) is 5.52 Å². The average Bonchev–Trinajstić information content (AvgIpc) is 2.23. The maximum atomic E-state index is 11.4. The third-order valence-corrected chi connectivity index (χ3v) is 2.60. The Hall–Kier alpha value is -1.57. The molecule has 72 valence electrons. The topological polar surface area (TPSA) is 22.0 Å². The van der Waals surface area contributed by atoms with E-state index in [1.165, 1.54) is 5.56 Å². The van der Waals surface area contributed by atoms with E-state index in [1.54, 1.807) is 10.6 Å². The highest BCUT2D eigenvalue weighted by molar-refractivity contribution is 5.79. The van der Waals surface area contributed by atoms with Crippen molar-refractivity contribution in [3.05, 3.63) is 46.2 Å². The fourth-order valence-electron chi connectivity index (χ4n) is 1.63. The first kappa shape index (κ1) is 9.00. The van der Waals surface area contributed by atoms with Gasteiger partial charge < -0.3 is 4.57 Å². The average molecular weight is 187 g/mol. The summed E-state index contributed by atoms with van der Waals surface area (Å²) in [5, 5.41) is 1.12. The van der Waals surface area contributed by atoms with E-state index in [0.717, 1.165) is 17.3 Å². The fourth-order valence-corrected chi connectivity index (χ4v) is 1.63. The normalized spacial score (nSPS) is 10.7. The van der Waals surface area contributed by atoms with Gasteiger partial charge in [0, 0.05) is 13.1 Å². The summed E-state index contributed by atoms with van der Waals surface area (Å²) < 4.78 is 1.69. The number of aromatic nitrogens is 1. The summed E-state index contributed by atoms with van der Waals surface area (Å²) in [6.07, 6.45) is 0.999. The number of fused-ring (bicyclic) bond motifs is 1. The quantitative estimate of drug-likeness (QED) is 0.670. The number of rotatable bonds is 1. The van der Waals surface area contributed by atoms with Gasteiger partial charge in [0.15, 0.2) is 0 Å². The first-order valence-corrected chi connectivity index (χ1v) is 4.81. The van der Waals surface area contributed by atoms with Gasteiger partial charge in [0.1, 0.15) is 0 Å². The van der Waals surface area contributed by atoms with Crippen LogP contribution >= 0.6 is 0 Å². The van der Waals surface area contributed by atoms with Gasteiger partial charge in [-0.1, -0.05) is 19.1 Å². The highest BCUT2D eigenvalue weighted by Gasteiger charge is 1.99. The van der Waals surface area contributed by atoms with Crippen molar-refractivity contribution in [1.29, 1.82) is 0 Å². The number of hydrogen-bond acceptors (Lipinski definition) is 1. The molecule has 0 amide bonds. The van der Waals surface area contributed by atoms with E-state index in [2.05, 4.69) is 25.1 Å². The van der Waals surface area contributed by atoms with E-state index in [-0.39, 0.29) is 5.56 Å². The van der Waals surface area contributed by atoms with E-state index in [9.17, 15) is 4.79 Å². The standard InChI is InChI=1S/C12H13NO/c1-3-9-4-5-10-6-7-12(14)13(2)11(10)8-9/h4-8H,3H2,1-2H3. The zero-order valence-electron chi connectivity index (χ0n) is 8.45. The largest absolute Gasteiger partial charge is 0.311 e. The Morgan fingerprint density at radius 3 is 2.64 bits per heavy atom. The summed E-state index contributed by atoms with van der Waals surface area (Å²) in [6.45, 7) is 2.11. The third kappa shape index (κ3) is 1.33. The zero-order valence-corrected chi connectivity index (χ0v) is 8.45. The molecule has 2 heteroatoms. The molecule has 1 aromatic carbocycles. The molecular formula is C12H13NO. The highest BCUT2D eigenvalue weighted by Crippen LogP contribution is 2.13. The lowest BCUT2D eigenvalue weighted by Crippen LogP contribution is -2.15. The molecule has 0 atom stereocenters. The second-order valence-corrected chi connectivity index (χ2v) is 3.48. The Morgan fingerprint density at radius 1 is 1.21 bits per heavy atom. The predicted molar refractivity (Wildman–Crippen MR) is 58.6 cm³/mol. The van der Waals surface area contributed by atoms with Crippen LogP contribution in [-0.2, 0) is 13.5 Å². The molecule has 0 bridgehead atoms. The number of benzene rings is 1. The summed E-state index contributed by atoms with van der Waals surface area (Å²) in [4.78, 5) is 11.4. The predicted octanol–water partition coefficient (Wildman–Crippen LogP) is 2.10. The first-order valence-electron chi connectivity index (χ1n) is 4.81. The van der Waals surface area contributed by atoms with Crippen LogP contribution in [0.4, 0.5) is 0 Å². The summed E-state index contributed by atoms with van der Waals surface area (Å²) in [6, 6.07) is 9.72. The Morgan fingerprint density at radius 2 is 1.93 bits per heavy atom. The van der Waals surface area contributed by atoms with E-state index in [1.807, 2.05) is 13.1 Å². The van der Waals surface area contributed by atoms with Gasteiger partial charge >= 0.3 is 0 Å². The molecule has 0 saturated heterocycles. The molecule has 0 unspecified atom stereocenters. The molecule has 0 N–H and O–H groups in total. The molecule has 0 fully saturated rings. The van der Waals surface area contributed by atoms with Gasteiger partial charge in [0.25, 0.3) is 5.56 Å². The van der Waals surface area contributed by atoms with Crippen LogP contribution in [0, 0.1) is 0 Å². The number of pyridine rings is 1. The Bertz CT molecular complexity index is 525. The Kier molecular flexibility index (Phi) is 2.12. The van der Waals surface area contributed by atoms with E-state index < -0.39 is 0 Å². The van der Waals surface area contributed by atoms with Crippen LogP contribution in [0.25, 0.3) is 10.9 Å². The van der Waals surface area contributed by atoms with E-state index >= 15 is 0 Å². The van der Waals surface area contributed by atoms with Gasteiger partial charge in [-0.3, -0.25) is 4.79 Å². The highest BCUT2D eigenvalue weighted by atomic mass is 16.1.